The Kier molecular flexibility index (Phi) is 5.84. The lowest BCUT2D eigenvalue weighted by atomic mass is 10.1. The van der Waals surface area contributed by atoms with Crippen LogP contribution in [-0.2, 0) is 11.3 Å². The molecule has 0 spiro atoms. The maximum absolute atomic E-state index is 11.6. The van der Waals surface area contributed by atoms with Gasteiger partial charge in [-0.25, -0.2) is 0 Å². The molecule has 1 unspecified atom stereocenters. The Morgan fingerprint density at radius 1 is 1.22 bits per heavy atom. The summed E-state index contributed by atoms with van der Waals surface area (Å²) >= 11 is 6.10. The standard InChI is InChI=1S/C17H18ClNO4/c1-22-12-8-7-11(15(9-12)23-2)10-19-16(17(20)21)13-5-3-4-6-14(13)18/h3-9,16,19H,10H2,1-2H3,(H,20,21). The number of hydrogen-bond acceptors (Lipinski definition) is 4. The van der Waals surface area contributed by atoms with E-state index in [0.29, 0.717) is 28.6 Å². The van der Waals surface area contributed by atoms with E-state index >= 15 is 0 Å². The quantitative estimate of drug-likeness (QED) is 0.812. The summed E-state index contributed by atoms with van der Waals surface area (Å²) in [6.07, 6.45) is 0. The van der Waals surface area contributed by atoms with Crippen LogP contribution in [0.5, 0.6) is 11.5 Å². The van der Waals surface area contributed by atoms with Gasteiger partial charge >= 0.3 is 5.97 Å². The SMILES string of the molecule is COc1ccc(CNC(C(=O)O)c2ccccc2Cl)c(OC)c1. The van der Waals surface area contributed by atoms with E-state index in [1.165, 1.54) is 0 Å². The highest BCUT2D eigenvalue weighted by atomic mass is 35.5. The van der Waals surface area contributed by atoms with Gasteiger partial charge in [-0.2, -0.15) is 0 Å². The summed E-state index contributed by atoms with van der Waals surface area (Å²) in [4.78, 5) is 11.6. The van der Waals surface area contributed by atoms with E-state index in [1.54, 1.807) is 50.6 Å². The molecule has 0 saturated heterocycles. The van der Waals surface area contributed by atoms with Gasteiger partial charge < -0.3 is 14.6 Å². The smallest absolute Gasteiger partial charge is 0.325 e. The molecule has 0 radical (unpaired) electrons. The summed E-state index contributed by atoms with van der Waals surface area (Å²) < 4.78 is 10.5. The number of nitrogens with one attached hydrogen (secondary N) is 1. The van der Waals surface area contributed by atoms with Crippen molar-refractivity contribution in [2.24, 2.45) is 0 Å². The highest BCUT2D eigenvalue weighted by Gasteiger charge is 2.22. The normalized spacial score (nSPS) is 11.8. The number of carboxylic acids is 1. The predicted octanol–water partition coefficient (Wildman–Crippen LogP) is 3.27. The second-order valence-corrected chi connectivity index (χ2v) is 5.26. The molecule has 0 aromatic heterocycles. The van der Waals surface area contributed by atoms with Crippen LogP contribution < -0.4 is 14.8 Å². The third kappa shape index (κ3) is 4.15. The molecule has 0 aliphatic carbocycles. The largest absolute Gasteiger partial charge is 0.497 e. The summed E-state index contributed by atoms with van der Waals surface area (Å²) in [6, 6.07) is 11.4. The zero-order valence-electron chi connectivity index (χ0n) is 12.9. The number of methoxy groups -OCH3 is 2. The van der Waals surface area contributed by atoms with Crippen molar-refractivity contribution < 1.29 is 19.4 Å². The Morgan fingerprint density at radius 3 is 2.57 bits per heavy atom. The highest BCUT2D eigenvalue weighted by Crippen LogP contribution is 2.27. The van der Waals surface area contributed by atoms with Crippen molar-refractivity contribution >= 4 is 17.6 Å². The third-order valence-corrected chi connectivity index (χ3v) is 3.80. The molecule has 0 aliphatic rings. The Morgan fingerprint density at radius 2 is 1.96 bits per heavy atom. The molecule has 2 aromatic carbocycles. The molecule has 0 aliphatic heterocycles. The van der Waals surface area contributed by atoms with Crippen molar-refractivity contribution in [3.05, 3.63) is 58.6 Å². The average Bonchev–Trinajstić information content (AvgIpc) is 2.56. The minimum Gasteiger partial charge on any atom is -0.497 e. The minimum absolute atomic E-state index is 0.315. The van der Waals surface area contributed by atoms with E-state index in [-0.39, 0.29) is 0 Å². The van der Waals surface area contributed by atoms with Gasteiger partial charge in [0.1, 0.15) is 17.5 Å². The first-order valence-electron chi connectivity index (χ1n) is 6.98. The lowest BCUT2D eigenvalue weighted by Gasteiger charge is -2.17. The first-order chi connectivity index (χ1) is 11.1. The zero-order valence-corrected chi connectivity index (χ0v) is 13.6. The number of ether oxygens (including phenoxy) is 2. The van der Waals surface area contributed by atoms with Gasteiger partial charge in [0.05, 0.1) is 14.2 Å². The van der Waals surface area contributed by atoms with Gasteiger partial charge in [-0.1, -0.05) is 35.9 Å². The van der Waals surface area contributed by atoms with E-state index in [9.17, 15) is 9.90 Å². The van der Waals surface area contributed by atoms with Gasteiger partial charge in [-0.3, -0.25) is 10.1 Å². The molecule has 1 atom stereocenters. The highest BCUT2D eigenvalue weighted by molar-refractivity contribution is 6.31. The van der Waals surface area contributed by atoms with Crippen molar-refractivity contribution in [3.8, 4) is 11.5 Å². The Balaban J connectivity index is 2.20. The maximum Gasteiger partial charge on any atom is 0.325 e. The fraction of sp³-hybridized carbons (Fsp3) is 0.235. The van der Waals surface area contributed by atoms with Gasteiger partial charge in [-0.05, 0) is 17.7 Å². The maximum atomic E-state index is 11.6. The van der Waals surface area contributed by atoms with Crippen LogP contribution in [0.4, 0.5) is 0 Å². The van der Waals surface area contributed by atoms with E-state index in [0.717, 1.165) is 5.56 Å². The van der Waals surface area contributed by atoms with Crippen LogP contribution in [-0.4, -0.2) is 25.3 Å². The number of carbonyl (C=O) groups is 1. The first-order valence-corrected chi connectivity index (χ1v) is 7.36. The van der Waals surface area contributed by atoms with Crippen molar-refractivity contribution in [3.63, 3.8) is 0 Å². The van der Waals surface area contributed by atoms with Crippen LogP contribution >= 0.6 is 11.6 Å². The average molecular weight is 336 g/mol. The molecule has 23 heavy (non-hydrogen) atoms. The van der Waals surface area contributed by atoms with Crippen LogP contribution in [0, 0.1) is 0 Å². The van der Waals surface area contributed by atoms with Gasteiger partial charge in [0.25, 0.3) is 0 Å². The van der Waals surface area contributed by atoms with Crippen LogP contribution in [0.15, 0.2) is 42.5 Å². The molecule has 2 rings (SSSR count). The summed E-state index contributed by atoms with van der Waals surface area (Å²) in [5, 5.41) is 12.9. The predicted molar refractivity (Wildman–Crippen MR) is 88.2 cm³/mol. The van der Waals surface area contributed by atoms with Crippen molar-refractivity contribution in [2.75, 3.05) is 14.2 Å². The summed E-state index contributed by atoms with van der Waals surface area (Å²) in [5.41, 5.74) is 1.35. The molecule has 5 nitrogen and oxygen atoms in total. The van der Waals surface area contributed by atoms with Crippen molar-refractivity contribution in [1.29, 1.82) is 0 Å². The van der Waals surface area contributed by atoms with Gasteiger partial charge in [0, 0.05) is 23.2 Å². The van der Waals surface area contributed by atoms with Crippen molar-refractivity contribution in [1.82, 2.24) is 5.32 Å². The number of halogens is 1. The number of rotatable bonds is 7. The van der Waals surface area contributed by atoms with Gasteiger partial charge in [0.2, 0.25) is 0 Å². The molecule has 0 amide bonds. The molecule has 0 heterocycles. The van der Waals surface area contributed by atoms with Crippen LogP contribution in [0.2, 0.25) is 5.02 Å². The van der Waals surface area contributed by atoms with E-state index in [1.807, 2.05) is 6.07 Å². The molecule has 0 bridgehead atoms. The molecule has 6 heteroatoms. The molecular formula is C17H18ClNO4. The topological polar surface area (TPSA) is 67.8 Å². The second kappa shape index (κ2) is 7.85. The Hall–Kier alpha value is -2.24. The molecule has 122 valence electrons. The lowest BCUT2D eigenvalue weighted by molar-refractivity contribution is -0.139. The molecule has 0 saturated carbocycles. The minimum atomic E-state index is -0.995. The van der Waals surface area contributed by atoms with Gasteiger partial charge in [0.15, 0.2) is 0 Å². The van der Waals surface area contributed by atoms with E-state index < -0.39 is 12.0 Å². The van der Waals surface area contributed by atoms with Crippen LogP contribution in [0.25, 0.3) is 0 Å². The fourth-order valence-corrected chi connectivity index (χ4v) is 2.49. The summed E-state index contributed by atoms with van der Waals surface area (Å²) in [5.74, 6) is 0.303. The fourth-order valence-electron chi connectivity index (χ4n) is 2.25. The zero-order chi connectivity index (χ0) is 16.8. The van der Waals surface area contributed by atoms with Crippen molar-refractivity contribution in [2.45, 2.75) is 12.6 Å². The lowest BCUT2D eigenvalue weighted by Crippen LogP contribution is -2.28. The van der Waals surface area contributed by atoms with Gasteiger partial charge in [-0.15, -0.1) is 0 Å². The number of benzene rings is 2. The van der Waals surface area contributed by atoms with E-state index in [2.05, 4.69) is 5.32 Å². The number of hydrogen-bond donors (Lipinski definition) is 2. The number of carboxylic acid groups (broad SMARTS) is 1. The number of aliphatic carboxylic acids is 1. The molecule has 2 N–H and O–H groups in total. The van der Waals surface area contributed by atoms with Crippen LogP contribution in [0.1, 0.15) is 17.2 Å². The van der Waals surface area contributed by atoms with E-state index in [4.69, 9.17) is 21.1 Å². The summed E-state index contributed by atoms with van der Waals surface area (Å²) in [6.45, 7) is 0.315. The Bertz CT molecular complexity index is 690. The molecule has 0 fully saturated rings. The first kappa shape index (κ1) is 17.1. The monoisotopic (exact) mass is 335 g/mol. The van der Waals surface area contributed by atoms with Crippen LogP contribution in [0.3, 0.4) is 0 Å². The molecule has 2 aromatic rings. The third-order valence-electron chi connectivity index (χ3n) is 3.45. The molecular weight excluding hydrogens is 318 g/mol. The Labute approximate surface area is 139 Å². The summed E-state index contributed by atoms with van der Waals surface area (Å²) in [7, 11) is 3.13. The second-order valence-electron chi connectivity index (χ2n) is 4.85.